The van der Waals surface area contributed by atoms with Gasteiger partial charge in [0.25, 0.3) is 5.71 Å². The molecule has 0 aromatic carbocycles. The van der Waals surface area contributed by atoms with Crippen molar-refractivity contribution < 1.29 is 39.6 Å². The molecule has 1 unspecified atom stereocenters. The van der Waals surface area contributed by atoms with E-state index in [0.29, 0.717) is 0 Å². The van der Waals surface area contributed by atoms with Crippen LogP contribution in [0, 0.1) is 11.3 Å². The van der Waals surface area contributed by atoms with Crippen molar-refractivity contribution in [2.45, 2.75) is 51.7 Å². The van der Waals surface area contributed by atoms with E-state index in [1.54, 1.807) is 13.0 Å². The first kappa shape index (κ1) is 28.0. The monoisotopic (exact) mass is 527 g/mol. The predicted molar refractivity (Wildman–Crippen MR) is 114 cm³/mol. The number of halogens is 6. The number of nitrogens with zero attached hydrogens (tertiary/aromatic N) is 5. The maximum atomic E-state index is 11.7. The molecule has 3 heterocycles. The first-order valence-corrected chi connectivity index (χ1v) is 14.1. The van der Waals surface area contributed by atoms with Gasteiger partial charge in [-0.05, 0) is 39.0 Å². The van der Waals surface area contributed by atoms with Crippen LogP contribution in [0.1, 0.15) is 45.4 Å². The summed E-state index contributed by atoms with van der Waals surface area (Å²) in [6.45, 7) is 7.53. The van der Waals surface area contributed by atoms with Crippen LogP contribution in [0.15, 0.2) is 5.16 Å². The van der Waals surface area contributed by atoms with Crippen molar-refractivity contribution in [3.8, 4) is 6.07 Å². The number of nitriles is 1. The molecule has 0 radical (unpaired) electrons. The summed E-state index contributed by atoms with van der Waals surface area (Å²) >= 11 is 0. The average molecular weight is 527 g/mol. The molecule has 1 atom stereocenters. The number of oxime groups is 1. The molecule has 16 heteroatoms. The van der Waals surface area contributed by atoms with Crippen molar-refractivity contribution in [3.05, 3.63) is 0 Å². The average Bonchev–Trinajstić information content (AvgIpc) is 3.44. The van der Waals surface area contributed by atoms with Crippen molar-refractivity contribution in [2.75, 3.05) is 39.3 Å². The van der Waals surface area contributed by atoms with E-state index in [-0.39, 0.29) is 18.5 Å². The summed E-state index contributed by atoms with van der Waals surface area (Å²) < 4.78 is 71.8. The van der Waals surface area contributed by atoms with Gasteiger partial charge in [0.05, 0.1) is 6.61 Å². The molecule has 3 aliphatic rings. The summed E-state index contributed by atoms with van der Waals surface area (Å²) in [6, 6.07) is 1.78. The van der Waals surface area contributed by atoms with E-state index in [1.807, 2.05) is 0 Å². The molecule has 0 aliphatic carbocycles. The number of hydrogen-bond donors (Lipinski definition) is 0. The first-order valence-electron chi connectivity index (χ1n) is 10.7. The third kappa shape index (κ3) is 10.7. The SMILES string of the molecule is CCOC(=O)/C(C#N)=N/OC1CCCN1[PH+](N1CCCC1)N1CCCC1.F[P-](F)(F)(F)(F)F. The zero-order chi connectivity index (χ0) is 24.8. The number of hydrogen-bond acceptors (Lipinski definition) is 8. The fourth-order valence-corrected chi connectivity index (χ4v) is 7.24. The van der Waals surface area contributed by atoms with Crippen LogP contribution in [-0.2, 0) is 14.4 Å². The molecule has 0 aromatic rings. The summed E-state index contributed by atoms with van der Waals surface area (Å²) in [4.78, 5) is 17.4. The van der Waals surface area contributed by atoms with Crippen LogP contribution in [0.25, 0.3) is 0 Å². The van der Waals surface area contributed by atoms with Gasteiger partial charge in [0.15, 0.2) is 0 Å². The minimum absolute atomic E-state index is 0.164. The molecular formula is C17H29F6N5O3P2. The Kier molecular flexibility index (Phi) is 8.96. The van der Waals surface area contributed by atoms with Crippen LogP contribution in [0.2, 0.25) is 0 Å². The van der Waals surface area contributed by atoms with Crippen LogP contribution >= 0.6 is 16.2 Å². The number of rotatable bonds is 7. The number of ether oxygens (including phenoxy) is 1. The number of esters is 1. The zero-order valence-electron chi connectivity index (χ0n) is 18.2. The summed E-state index contributed by atoms with van der Waals surface area (Å²) in [5.74, 6) is -0.718. The fraction of sp³-hybridized carbons (Fsp3) is 0.824. The summed E-state index contributed by atoms with van der Waals surface area (Å²) in [7, 11) is -11.7. The van der Waals surface area contributed by atoms with Crippen LogP contribution < -0.4 is 0 Å². The minimum atomic E-state index is -10.7. The Balaban J connectivity index is 0.000000479. The predicted octanol–water partition coefficient (Wildman–Crippen LogP) is 5.40. The normalized spacial score (nSPS) is 25.2. The number of carbonyl (C=O) groups excluding carboxylic acids is 1. The zero-order valence-corrected chi connectivity index (χ0v) is 20.1. The van der Waals surface area contributed by atoms with Gasteiger partial charge in [-0.3, -0.25) is 0 Å². The van der Waals surface area contributed by atoms with Gasteiger partial charge in [0.1, 0.15) is 6.07 Å². The second-order valence-electron chi connectivity index (χ2n) is 7.81. The number of carbonyl (C=O) groups is 1. The van der Waals surface area contributed by atoms with Gasteiger partial charge in [-0.15, -0.1) is 4.67 Å². The van der Waals surface area contributed by atoms with Gasteiger partial charge in [-0.25, -0.2) is 4.79 Å². The van der Waals surface area contributed by atoms with Crippen LogP contribution in [0.3, 0.4) is 0 Å². The molecule has 192 valence electrons. The molecule has 0 saturated carbocycles. The van der Waals surface area contributed by atoms with Gasteiger partial charge in [-0.2, -0.15) is 14.6 Å². The molecular weight excluding hydrogens is 498 g/mol. The van der Waals surface area contributed by atoms with Gasteiger partial charge in [0, 0.05) is 39.1 Å². The molecule has 0 N–H and O–H groups in total. The summed E-state index contributed by atoms with van der Waals surface area (Å²) in [5.41, 5.74) is -0.310. The van der Waals surface area contributed by atoms with E-state index < -0.39 is 22.2 Å². The summed E-state index contributed by atoms with van der Waals surface area (Å²) in [5, 5.41) is 13.0. The summed E-state index contributed by atoms with van der Waals surface area (Å²) in [6.07, 6.45) is 6.82. The van der Waals surface area contributed by atoms with Crippen LogP contribution in [0.5, 0.6) is 0 Å². The van der Waals surface area contributed by atoms with Gasteiger partial charge in [0.2, 0.25) is 14.6 Å². The second-order valence-corrected chi connectivity index (χ2v) is 12.2. The second kappa shape index (κ2) is 10.6. The van der Waals surface area contributed by atoms with E-state index in [4.69, 9.17) is 14.8 Å². The van der Waals surface area contributed by atoms with Gasteiger partial charge in [-0.1, -0.05) is 5.16 Å². The van der Waals surface area contributed by atoms with E-state index >= 15 is 0 Å². The van der Waals surface area contributed by atoms with Crippen molar-refractivity contribution in [1.82, 2.24) is 14.0 Å². The Morgan fingerprint density at radius 3 is 1.91 bits per heavy atom. The molecule has 0 amide bonds. The molecule has 3 saturated heterocycles. The first-order chi connectivity index (χ1) is 15.2. The molecule has 0 aromatic heterocycles. The van der Waals surface area contributed by atoms with Crippen molar-refractivity contribution in [2.24, 2.45) is 5.16 Å². The Bertz CT molecular complexity index is 725. The van der Waals surface area contributed by atoms with Gasteiger partial charge < -0.3 is 9.57 Å². The third-order valence-corrected chi connectivity index (χ3v) is 8.12. The van der Waals surface area contributed by atoms with Gasteiger partial charge >= 0.3 is 39.0 Å². The van der Waals surface area contributed by atoms with Crippen LogP contribution in [-0.4, -0.2) is 71.3 Å². The van der Waals surface area contributed by atoms with E-state index in [1.165, 1.54) is 25.7 Å². The molecule has 3 fully saturated rings. The molecule has 3 aliphatic heterocycles. The molecule has 8 nitrogen and oxygen atoms in total. The fourth-order valence-electron chi connectivity index (χ4n) is 3.89. The Morgan fingerprint density at radius 1 is 1.00 bits per heavy atom. The standard InChI is InChI=1S/C17H28N5O3P.F6P/c1-2-24-17(23)15(14-18)19-25-16-8-7-13-22(16)26(20-9-3-4-10-20)21-11-5-6-12-21;1-7(2,3,4,5)6/h16H,2-13H2,1H3;/q;-1/p+1/b19-15+;. The van der Waals surface area contributed by atoms with E-state index in [0.717, 1.165) is 45.6 Å². The van der Waals surface area contributed by atoms with Crippen LogP contribution in [0.4, 0.5) is 25.2 Å². The Labute approximate surface area is 189 Å². The molecule has 33 heavy (non-hydrogen) atoms. The van der Waals surface area contributed by atoms with Crippen molar-refractivity contribution in [1.29, 1.82) is 5.26 Å². The third-order valence-electron chi connectivity index (χ3n) is 5.07. The Morgan fingerprint density at radius 2 is 1.48 bits per heavy atom. The van der Waals surface area contributed by atoms with E-state index in [2.05, 4.69) is 19.2 Å². The van der Waals surface area contributed by atoms with Crippen molar-refractivity contribution >= 4 is 27.9 Å². The quantitative estimate of drug-likeness (QED) is 0.144. The maximum absolute atomic E-state index is 11.7. The molecule has 0 bridgehead atoms. The van der Waals surface area contributed by atoms with Crippen molar-refractivity contribution in [3.63, 3.8) is 0 Å². The molecule has 0 spiro atoms. The van der Waals surface area contributed by atoms with E-state index in [9.17, 15) is 30.0 Å². The molecule has 3 rings (SSSR count). The Hall–Kier alpha value is -1.25. The topological polar surface area (TPSA) is 81.4 Å².